The molecule has 1 amide bonds. The van der Waals surface area contributed by atoms with Gasteiger partial charge in [-0.2, -0.15) is 0 Å². The summed E-state index contributed by atoms with van der Waals surface area (Å²) in [7, 11) is 0. The Kier molecular flexibility index (Phi) is 4.37. The van der Waals surface area contributed by atoms with Gasteiger partial charge < -0.3 is 10.1 Å². The Balaban J connectivity index is 2.10. The predicted octanol–water partition coefficient (Wildman–Crippen LogP) is 3.32. The Morgan fingerprint density at radius 1 is 1.50 bits per heavy atom. The van der Waals surface area contributed by atoms with Crippen molar-refractivity contribution in [3.63, 3.8) is 0 Å². The van der Waals surface area contributed by atoms with Crippen LogP contribution < -0.4 is 5.32 Å². The number of carbonyl (C=O) groups excluding carboxylic acids is 1. The Labute approximate surface area is 109 Å². The summed E-state index contributed by atoms with van der Waals surface area (Å²) < 4.78 is 5.40. The van der Waals surface area contributed by atoms with E-state index in [-0.39, 0.29) is 12.0 Å². The minimum atomic E-state index is -0.269. The van der Waals surface area contributed by atoms with Crippen LogP contribution >= 0.6 is 0 Å². The molecule has 18 heavy (non-hydrogen) atoms. The van der Waals surface area contributed by atoms with Gasteiger partial charge in [0.05, 0.1) is 0 Å². The average molecular weight is 247 g/mol. The lowest BCUT2D eigenvalue weighted by atomic mass is 9.97. The molecule has 1 aliphatic heterocycles. The quantitative estimate of drug-likeness (QED) is 0.886. The van der Waals surface area contributed by atoms with E-state index in [1.807, 2.05) is 18.2 Å². The van der Waals surface area contributed by atoms with Crippen LogP contribution in [-0.2, 0) is 9.53 Å². The van der Waals surface area contributed by atoms with Gasteiger partial charge in [0.15, 0.2) is 0 Å². The smallest absolute Gasteiger partial charge is 0.253 e. The molecule has 0 saturated carbocycles. The van der Waals surface area contributed by atoms with Crippen LogP contribution in [0.25, 0.3) is 0 Å². The molecule has 2 rings (SSSR count). The van der Waals surface area contributed by atoms with Crippen molar-refractivity contribution >= 4 is 11.6 Å². The number of amides is 1. The molecule has 3 heteroatoms. The predicted molar refractivity (Wildman–Crippen MR) is 72.8 cm³/mol. The summed E-state index contributed by atoms with van der Waals surface area (Å²) in [6.45, 7) is 5.03. The van der Waals surface area contributed by atoms with Crippen molar-refractivity contribution in [2.45, 2.75) is 45.1 Å². The second-order valence-corrected chi connectivity index (χ2v) is 4.89. The Morgan fingerprint density at radius 3 is 2.94 bits per heavy atom. The summed E-state index contributed by atoms with van der Waals surface area (Å²) in [5, 5.41) is 3.00. The van der Waals surface area contributed by atoms with Crippen LogP contribution in [0, 0.1) is 0 Å². The molecule has 0 bridgehead atoms. The minimum Gasteiger partial charge on any atom is -0.368 e. The lowest BCUT2D eigenvalue weighted by molar-refractivity contribution is -0.124. The molecule has 0 spiro atoms. The van der Waals surface area contributed by atoms with Crippen LogP contribution in [-0.4, -0.2) is 18.6 Å². The minimum absolute atomic E-state index is 0.0109. The summed E-state index contributed by atoms with van der Waals surface area (Å²) in [5.41, 5.74) is 2.12. The highest BCUT2D eigenvalue weighted by Crippen LogP contribution is 2.27. The van der Waals surface area contributed by atoms with Crippen molar-refractivity contribution in [3.05, 3.63) is 29.8 Å². The van der Waals surface area contributed by atoms with Crippen LogP contribution in [0.4, 0.5) is 5.69 Å². The molecule has 1 aromatic rings. The van der Waals surface area contributed by atoms with Crippen LogP contribution in [0.2, 0.25) is 0 Å². The summed E-state index contributed by atoms with van der Waals surface area (Å²) in [5.74, 6) is 0.439. The van der Waals surface area contributed by atoms with Gasteiger partial charge in [-0.3, -0.25) is 4.79 Å². The van der Waals surface area contributed by atoms with Crippen molar-refractivity contribution in [1.29, 1.82) is 0 Å². The van der Waals surface area contributed by atoms with Crippen molar-refractivity contribution < 1.29 is 9.53 Å². The number of nitrogens with one attached hydrogen (secondary N) is 1. The number of hydrogen-bond acceptors (Lipinski definition) is 2. The van der Waals surface area contributed by atoms with Crippen molar-refractivity contribution in [3.8, 4) is 0 Å². The normalized spacial score (nSPS) is 20.7. The van der Waals surface area contributed by atoms with Crippen molar-refractivity contribution in [2.24, 2.45) is 0 Å². The van der Waals surface area contributed by atoms with Crippen LogP contribution in [0.5, 0.6) is 0 Å². The summed E-state index contributed by atoms with van der Waals surface area (Å²) in [6.07, 6.45) is 2.60. The molecule has 1 saturated heterocycles. The highest BCUT2D eigenvalue weighted by Gasteiger charge is 2.24. The Bertz CT molecular complexity index is 411. The van der Waals surface area contributed by atoms with Crippen LogP contribution in [0.1, 0.15) is 44.6 Å². The third-order valence-electron chi connectivity index (χ3n) is 3.58. The number of hydrogen-bond donors (Lipinski definition) is 1. The third kappa shape index (κ3) is 2.91. The first kappa shape index (κ1) is 13.1. The number of para-hydroxylation sites is 1. The fourth-order valence-corrected chi connectivity index (χ4v) is 2.26. The molecular formula is C15H21NO2. The van der Waals surface area contributed by atoms with Gasteiger partial charge in [-0.1, -0.05) is 32.0 Å². The maximum absolute atomic E-state index is 12.0. The molecule has 3 nitrogen and oxygen atoms in total. The van der Waals surface area contributed by atoms with Crippen LogP contribution in [0.3, 0.4) is 0 Å². The number of benzene rings is 1. The lowest BCUT2D eigenvalue weighted by Crippen LogP contribution is -2.27. The summed E-state index contributed by atoms with van der Waals surface area (Å²) in [6, 6.07) is 8.02. The molecule has 2 atom stereocenters. The van der Waals surface area contributed by atoms with E-state index in [2.05, 4.69) is 25.2 Å². The topological polar surface area (TPSA) is 38.3 Å². The first-order valence-electron chi connectivity index (χ1n) is 6.73. The maximum Gasteiger partial charge on any atom is 0.253 e. The molecule has 1 aromatic carbocycles. The molecule has 1 N–H and O–H groups in total. The second-order valence-electron chi connectivity index (χ2n) is 4.89. The van der Waals surface area contributed by atoms with E-state index >= 15 is 0 Å². The maximum atomic E-state index is 12.0. The first-order chi connectivity index (χ1) is 8.72. The van der Waals surface area contributed by atoms with Gasteiger partial charge in [0.25, 0.3) is 5.91 Å². The van der Waals surface area contributed by atoms with Gasteiger partial charge in [-0.05, 0) is 36.8 Å². The highest BCUT2D eigenvalue weighted by molar-refractivity contribution is 5.95. The van der Waals surface area contributed by atoms with Gasteiger partial charge in [-0.25, -0.2) is 0 Å². The first-order valence-corrected chi connectivity index (χ1v) is 6.73. The zero-order valence-electron chi connectivity index (χ0n) is 11.1. The SMILES string of the molecule is CC[C@H](C)c1ccccc1NC(=O)[C@H]1CCCO1. The van der Waals surface area contributed by atoms with E-state index in [0.29, 0.717) is 12.5 Å². The highest BCUT2D eigenvalue weighted by atomic mass is 16.5. The molecule has 1 aliphatic rings. The van der Waals surface area contributed by atoms with Gasteiger partial charge in [-0.15, -0.1) is 0 Å². The van der Waals surface area contributed by atoms with E-state index in [4.69, 9.17) is 4.74 Å². The fourth-order valence-electron chi connectivity index (χ4n) is 2.26. The largest absolute Gasteiger partial charge is 0.368 e. The number of anilines is 1. The lowest BCUT2D eigenvalue weighted by Gasteiger charge is -2.17. The van der Waals surface area contributed by atoms with E-state index in [1.54, 1.807) is 0 Å². The molecule has 1 heterocycles. The van der Waals surface area contributed by atoms with E-state index in [9.17, 15) is 4.79 Å². The monoisotopic (exact) mass is 247 g/mol. The fraction of sp³-hybridized carbons (Fsp3) is 0.533. The third-order valence-corrected chi connectivity index (χ3v) is 3.58. The number of ether oxygens (including phenoxy) is 1. The van der Waals surface area contributed by atoms with E-state index < -0.39 is 0 Å². The van der Waals surface area contributed by atoms with Gasteiger partial charge in [0.2, 0.25) is 0 Å². The van der Waals surface area contributed by atoms with E-state index in [1.165, 1.54) is 5.56 Å². The Morgan fingerprint density at radius 2 is 2.28 bits per heavy atom. The zero-order valence-corrected chi connectivity index (χ0v) is 11.1. The number of rotatable bonds is 4. The molecule has 98 valence electrons. The standard InChI is InChI=1S/C15H21NO2/c1-3-11(2)12-7-4-5-8-13(12)16-15(17)14-9-6-10-18-14/h4-5,7-8,11,14H,3,6,9-10H2,1-2H3,(H,16,17)/t11-,14+/m0/s1. The summed E-state index contributed by atoms with van der Waals surface area (Å²) >= 11 is 0. The molecule has 0 aromatic heterocycles. The Hall–Kier alpha value is -1.35. The van der Waals surface area contributed by atoms with Gasteiger partial charge in [0, 0.05) is 12.3 Å². The van der Waals surface area contributed by atoms with Gasteiger partial charge >= 0.3 is 0 Å². The van der Waals surface area contributed by atoms with Gasteiger partial charge in [0.1, 0.15) is 6.10 Å². The molecule has 0 unspecified atom stereocenters. The molecule has 0 aliphatic carbocycles. The van der Waals surface area contributed by atoms with E-state index in [0.717, 1.165) is 24.9 Å². The van der Waals surface area contributed by atoms with Crippen LogP contribution in [0.15, 0.2) is 24.3 Å². The second kappa shape index (κ2) is 6.01. The van der Waals surface area contributed by atoms with Crippen molar-refractivity contribution in [2.75, 3.05) is 11.9 Å². The molecular weight excluding hydrogens is 226 g/mol. The molecule has 1 fully saturated rings. The zero-order chi connectivity index (χ0) is 13.0. The number of carbonyl (C=O) groups is 1. The average Bonchev–Trinajstić information content (AvgIpc) is 2.92. The van der Waals surface area contributed by atoms with Crippen molar-refractivity contribution in [1.82, 2.24) is 0 Å². The summed E-state index contributed by atoms with van der Waals surface area (Å²) in [4.78, 5) is 12.0. The molecule has 0 radical (unpaired) electrons.